The van der Waals surface area contributed by atoms with Crippen molar-refractivity contribution in [2.24, 2.45) is 0 Å². The molecule has 0 spiro atoms. The van der Waals surface area contributed by atoms with Crippen molar-refractivity contribution < 1.29 is 23.1 Å². The number of nitrogens with zero attached hydrogens (tertiary/aromatic N) is 2. The van der Waals surface area contributed by atoms with Crippen LogP contribution in [0, 0.1) is 11.3 Å². The van der Waals surface area contributed by atoms with Gasteiger partial charge in [-0.3, -0.25) is 9.59 Å². The van der Waals surface area contributed by atoms with E-state index in [0.717, 1.165) is 0 Å². The van der Waals surface area contributed by atoms with Crippen LogP contribution in [-0.4, -0.2) is 35.9 Å². The fourth-order valence-electron chi connectivity index (χ4n) is 3.57. The highest BCUT2D eigenvalue weighted by Crippen LogP contribution is 2.32. The third kappa shape index (κ3) is 4.12. The molecule has 1 aliphatic rings. The molecule has 1 saturated heterocycles. The Morgan fingerprint density at radius 3 is 2.52 bits per heavy atom. The lowest BCUT2D eigenvalue weighted by molar-refractivity contribution is -0.147. The molecular weight excluding hydrogens is 404 g/mol. The molecule has 2 amide bonds. The van der Waals surface area contributed by atoms with Gasteiger partial charge in [0.25, 0.3) is 11.8 Å². The number of carbonyl (C=O) groups excluding carboxylic acids is 2. The lowest BCUT2D eigenvalue weighted by atomic mass is 9.86. The number of piperazine rings is 1. The molecule has 0 aromatic heterocycles. The number of benzene rings is 2. The second kappa shape index (κ2) is 8.56. The van der Waals surface area contributed by atoms with Crippen molar-refractivity contribution in [2.75, 3.05) is 7.05 Å². The number of nitriles is 1. The van der Waals surface area contributed by atoms with Crippen molar-refractivity contribution in [3.63, 3.8) is 0 Å². The van der Waals surface area contributed by atoms with Gasteiger partial charge in [0.2, 0.25) is 0 Å². The van der Waals surface area contributed by atoms with Gasteiger partial charge >= 0.3 is 6.61 Å². The van der Waals surface area contributed by atoms with Crippen molar-refractivity contribution in [1.82, 2.24) is 10.2 Å². The maximum Gasteiger partial charge on any atom is 0.387 e. The van der Waals surface area contributed by atoms with Crippen molar-refractivity contribution in [3.05, 3.63) is 70.9 Å². The molecule has 1 fully saturated rings. The van der Waals surface area contributed by atoms with E-state index in [2.05, 4.69) is 16.1 Å². The van der Waals surface area contributed by atoms with E-state index in [1.807, 2.05) is 0 Å². The number of rotatable bonds is 5. The summed E-state index contributed by atoms with van der Waals surface area (Å²) in [7, 11) is 1.49. The van der Waals surface area contributed by atoms with Crippen LogP contribution in [0.1, 0.15) is 30.5 Å². The zero-order valence-corrected chi connectivity index (χ0v) is 17.3. The summed E-state index contributed by atoms with van der Waals surface area (Å²) in [6.07, 6.45) is -0.0227. The summed E-state index contributed by atoms with van der Waals surface area (Å²) in [5.74, 6) is -0.960. The Morgan fingerprint density at radius 2 is 1.84 bits per heavy atom. The van der Waals surface area contributed by atoms with Crippen molar-refractivity contribution in [1.29, 1.82) is 5.26 Å². The van der Waals surface area contributed by atoms with Crippen LogP contribution < -0.4 is 10.1 Å². The van der Waals surface area contributed by atoms with E-state index in [1.54, 1.807) is 56.3 Å². The van der Waals surface area contributed by atoms with Gasteiger partial charge in [0, 0.05) is 13.5 Å². The molecule has 3 rings (SSSR count). The second-order valence-corrected chi connectivity index (χ2v) is 7.41. The first-order valence-corrected chi connectivity index (χ1v) is 9.51. The van der Waals surface area contributed by atoms with E-state index in [1.165, 1.54) is 18.0 Å². The quantitative estimate of drug-likeness (QED) is 0.744. The zero-order valence-electron chi connectivity index (χ0n) is 17.3. The third-order valence-electron chi connectivity index (χ3n) is 5.54. The largest absolute Gasteiger partial charge is 0.435 e. The molecule has 0 bridgehead atoms. The van der Waals surface area contributed by atoms with E-state index in [-0.39, 0.29) is 17.9 Å². The molecule has 1 unspecified atom stereocenters. The molecule has 1 aliphatic heterocycles. The first-order valence-electron chi connectivity index (χ1n) is 9.51. The Morgan fingerprint density at radius 1 is 1.19 bits per heavy atom. The van der Waals surface area contributed by atoms with Gasteiger partial charge in [0.05, 0.1) is 11.6 Å². The summed E-state index contributed by atoms with van der Waals surface area (Å²) in [6.45, 7) is 0.214. The molecule has 0 saturated carbocycles. The minimum atomic E-state index is -3.01. The summed E-state index contributed by atoms with van der Waals surface area (Å²) in [6, 6.07) is 15.0. The summed E-state index contributed by atoms with van der Waals surface area (Å²) >= 11 is 0. The van der Waals surface area contributed by atoms with Crippen LogP contribution in [0.15, 0.2) is 54.2 Å². The van der Waals surface area contributed by atoms with E-state index < -0.39 is 24.0 Å². The third-order valence-corrected chi connectivity index (χ3v) is 5.54. The number of para-hydroxylation sites is 1. The van der Waals surface area contributed by atoms with Crippen molar-refractivity contribution in [3.8, 4) is 11.8 Å². The van der Waals surface area contributed by atoms with E-state index in [9.17, 15) is 23.6 Å². The second-order valence-electron chi connectivity index (χ2n) is 7.41. The Hall–Kier alpha value is -3.73. The van der Waals surface area contributed by atoms with Crippen molar-refractivity contribution >= 4 is 17.4 Å². The molecule has 1 atom stereocenters. The number of nitrogens with one attached hydrogen (secondary N) is 1. The fourth-order valence-corrected chi connectivity index (χ4v) is 3.57. The molecule has 1 N–H and O–H groups in total. The molecule has 1 heterocycles. The van der Waals surface area contributed by atoms with Crippen LogP contribution in [0.25, 0.3) is 5.57 Å². The maximum absolute atomic E-state index is 13.2. The van der Waals surface area contributed by atoms with Crippen LogP contribution >= 0.6 is 0 Å². The SMILES string of the molecule is CC(=C1NC(=O)C(C)(Cc2ccccc2OC(F)F)N(C)C1=O)c1ccccc1C#N. The monoisotopic (exact) mass is 425 g/mol. The normalized spacial score (nSPS) is 20.4. The molecule has 31 heavy (non-hydrogen) atoms. The van der Waals surface area contributed by atoms with Gasteiger partial charge < -0.3 is 15.0 Å². The van der Waals surface area contributed by atoms with Crippen LogP contribution in [0.4, 0.5) is 8.78 Å². The number of alkyl halides is 2. The Balaban J connectivity index is 1.98. The van der Waals surface area contributed by atoms with Gasteiger partial charge in [0.1, 0.15) is 17.0 Å². The number of halogens is 2. The van der Waals surface area contributed by atoms with E-state index >= 15 is 0 Å². The fraction of sp³-hybridized carbons (Fsp3) is 0.261. The molecule has 160 valence electrons. The standard InChI is InChI=1S/C23H21F2N3O3/c1-14(17-10-6-4-9-16(17)13-26)19-20(29)28(3)23(2,21(30)27-19)12-15-8-5-7-11-18(15)31-22(24)25/h4-11,22H,12H2,1-3H3,(H,27,30). The average molecular weight is 425 g/mol. The highest BCUT2D eigenvalue weighted by molar-refractivity contribution is 6.10. The van der Waals surface area contributed by atoms with Gasteiger partial charge in [-0.25, -0.2) is 0 Å². The molecule has 8 heteroatoms. The highest BCUT2D eigenvalue weighted by atomic mass is 19.3. The molecular formula is C23H21F2N3O3. The molecule has 2 aromatic carbocycles. The number of likely N-dealkylation sites (N-methyl/N-ethyl adjacent to an activating group) is 1. The minimum absolute atomic E-state index is 0.0227. The number of ether oxygens (including phenoxy) is 1. The molecule has 6 nitrogen and oxygen atoms in total. The van der Waals surface area contributed by atoms with Gasteiger partial charge in [0.15, 0.2) is 0 Å². The predicted octanol–water partition coefficient (Wildman–Crippen LogP) is 3.48. The summed E-state index contributed by atoms with van der Waals surface area (Å²) in [5, 5.41) is 12.0. The lowest BCUT2D eigenvalue weighted by Crippen LogP contribution is -2.64. The smallest absolute Gasteiger partial charge is 0.387 e. The summed E-state index contributed by atoms with van der Waals surface area (Å²) < 4.78 is 30.1. The molecule has 0 aliphatic carbocycles. The number of hydrogen-bond acceptors (Lipinski definition) is 4. The first-order chi connectivity index (χ1) is 14.7. The Bertz CT molecular complexity index is 1110. The molecule has 0 radical (unpaired) electrons. The van der Waals surface area contributed by atoms with Gasteiger partial charge in [-0.2, -0.15) is 14.0 Å². The minimum Gasteiger partial charge on any atom is -0.435 e. The number of amides is 2. The predicted molar refractivity (Wildman–Crippen MR) is 110 cm³/mol. The van der Waals surface area contributed by atoms with E-state index in [0.29, 0.717) is 22.3 Å². The lowest BCUT2D eigenvalue weighted by Gasteiger charge is -2.42. The Kier molecular flexibility index (Phi) is 6.07. The maximum atomic E-state index is 13.2. The summed E-state index contributed by atoms with van der Waals surface area (Å²) in [4.78, 5) is 27.6. The van der Waals surface area contributed by atoms with Crippen molar-refractivity contribution in [2.45, 2.75) is 32.4 Å². The molecule has 2 aromatic rings. The van der Waals surface area contributed by atoms with Crippen LogP contribution in [0.2, 0.25) is 0 Å². The highest BCUT2D eigenvalue weighted by Gasteiger charge is 2.46. The summed E-state index contributed by atoms with van der Waals surface area (Å²) in [5.41, 5.74) is 0.497. The number of hydrogen-bond donors (Lipinski definition) is 1. The number of allylic oxidation sites excluding steroid dienone is 1. The topological polar surface area (TPSA) is 82.4 Å². The van der Waals surface area contributed by atoms with Crippen LogP contribution in [0.5, 0.6) is 5.75 Å². The van der Waals surface area contributed by atoms with Gasteiger partial charge in [-0.1, -0.05) is 36.4 Å². The van der Waals surface area contributed by atoms with E-state index in [4.69, 9.17) is 0 Å². The average Bonchev–Trinajstić information content (AvgIpc) is 2.75. The van der Waals surface area contributed by atoms with Gasteiger partial charge in [-0.05, 0) is 42.7 Å². The van der Waals surface area contributed by atoms with Crippen LogP contribution in [-0.2, 0) is 16.0 Å². The van der Waals surface area contributed by atoms with Gasteiger partial charge in [-0.15, -0.1) is 0 Å². The Labute approximate surface area is 178 Å². The van der Waals surface area contributed by atoms with Crippen LogP contribution in [0.3, 0.4) is 0 Å². The first kappa shape index (κ1) is 22.0. The number of carbonyl (C=O) groups is 2. The zero-order chi connectivity index (χ0) is 22.8.